The predicted octanol–water partition coefficient (Wildman–Crippen LogP) is 0.502. The molecule has 1 aliphatic heterocycles. The molecule has 2 aromatic heterocycles. The summed E-state index contributed by atoms with van der Waals surface area (Å²) in [6, 6.07) is -0.703. The lowest BCUT2D eigenvalue weighted by molar-refractivity contribution is -0.148. The molecule has 15 heteroatoms. The van der Waals surface area contributed by atoms with Gasteiger partial charge in [-0.1, -0.05) is 17.7 Å². The zero-order valence-electron chi connectivity index (χ0n) is 19.0. The van der Waals surface area contributed by atoms with Crippen molar-refractivity contribution in [2.45, 2.75) is 57.0 Å². The second-order valence-electron chi connectivity index (χ2n) is 7.84. The molecule has 6 atom stereocenters. The van der Waals surface area contributed by atoms with Crippen LogP contribution < -0.4 is 16.1 Å². The number of nitrogens with two attached hydrogens (primary N) is 1. The summed E-state index contributed by atoms with van der Waals surface area (Å²) in [5, 5.41) is 16.3. The first-order valence-corrected chi connectivity index (χ1v) is 12.9. The third kappa shape index (κ3) is 5.14. The van der Waals surface area contributed by atoms with Gasteiger partial charge >= 0.3 is 5.97 Å². The van der Waals surface area contributed by atoms with E-state index in [1.165, 1.54) is 10.9 Å². The molecule has 3 heterocycles. The van der Waals surface area contributed by atoms with Crippen LogP contribution in [0.25, 0.3) is 11.2 Å². The van der Waals surface area contributed by atoms with Crippen LogP contribution >= 0.6 is 7.07 Å². The molecule has 0 amide bonds. The largest absolute Gasteiger partial charge is 0.462 e. The zero-order valence-corrected chi connectivity index (χ0v) is 20.8. The van der Waals surface area contributed by atoms with Crippen LogP contribution in [0.5, 0.6) is 0 Å². The van der Waals surface area contributed by atoms with Gasteiger partial charge in [0.1, 0.15) is 25.3 Å². The van der Waals surface area contributed by atoms with Crippen molar-refractivity contribution in [1.29, 1.82) is 0 Å². The SMILES string of the molecule is C#C[C@@]1(F)[C@H](O)[C@@H](CO[PH](=S)N[C@@H](C)C(=O)OC(C)C)O[C@H]1n1cnc2c(NC)nc(N)nc21. The Morgan fingerprint density at radius 2 is 2.24 bits per heavy atom. The number of hydrogen-bond acceptors (Lipinski definition) is 11. The van der Waals surface area contributed by atoms with Gasteiger partial charge in [-0.2, -0.15) is 9.97 Å². The quantitative estimate of drug-likeness (QED) is 0.208. The lowest BCUT2D eigenvalue weighted by Gasteiger charge is -2.23. The number of aliphatic hydroxyl groups excluding tert-OH is 1. The molecule has 12 nitrogen and oxygen atoms in total. The molecule has 1 aliphatic rings. The van der Waals surface area contributed by atoms with Crippen LogP contribution in [0.1, 0.15) is 27.0 Å². The maximum Gasteiger partial charge on any atom is 0.323 e. The monoisotopic (exact) mass is 515 g/mol. The average Bonchev–Trinajstić information content (AvgIpc) is 3.30. The van der Waals surface area contributed by atoms with E-state index in [4.69, 9.17) is 38.0 Å². The fraction of sp³-hybridized carbons (Fsp3) is 0.579. The van der Waals surface area contributed by atoms with E-state index in [-0.39, 0.29) is 24.3 Å². The van der Waals surface area contributed by atoms with Gasteiger partial charge in [0.25, 0.3) is 0 Å². The number of nitrogens with zero attached hydrogens (tertiary/aromatic N) is 4. The number of aliphatic hydroxyl groups is 1. The number of esters is 1. The predicted molar refractivity (Wildman–Crippen MR) is 127 cm³/mol. The number of terminal acetylenes is 1. The van der Waals surface area contributed by atoms with Crippen molar-refractivity contribution in [1.82, 2.24) is 24.6 Å². The van der Waals surface area contributed by atoms with Gasteiger partial charge in [0.15, 0.2) is 23.2 Å². The van der Waals surface area contributed by atoms with Crippen molar-refractivity contribution in [3.05, 3.63) is 6.33 Å². The molecule has 0 saturated carbocycles. The second kappa shape index (κ2) is 10.5. The molecule has 5 N–H and O–H groups in total. The highest BCUT2D eigenvalue weighted by Gasteiger charge is 2.58. The van der Waals surface area contributed by atoms with Gasteiger partial charge in [0, 0.05) is 7.05 Å². The molecule has 0 radical (unpaired) electrons. The van der Waals surface area contributed by atoms with E-state index in [2.05, 4.69) is 25.4 Å². The number of nitrogens with one attached hydrogen (secondary N) is 2. The van der Waals surface area contributed by atoms with Gasteiger partial charge in [-0.05, 0) is 20.8 Å². The van der Waals surface area contributed by atoms with E-state index in [0.717, 1.165) is 0 Å². The molecule has 0 aliphatic carbocycles. The summed E-state index contributed by atoms with van der Waals surface area (Å²) in [6.45, 7) is 4.78. The van der Waals surface area contributed by atoms with Crippen molar-refractivity contribution in [2.75, 3.05) is 24.7 Å². The van der Waals surface area contributed by atoms with Crippen molar-refractivity contribution >= 4 is 47.8 Å². The summed E-state index contributed by atoms with van der Waals surface area (Å²) in [6.07, 6.45) is 2.08. The number of imidazole rings is 1. The normalized spacial score (nSPS) is 26.4. The molecule has 186 valence electrons. The Morgan fingerprint density at radius 1 is 1.53 bits per heavy atom. The third-order valence-corrected chi connectivity index (χ3v) is 6.82. The van der Waals surface area contributed by atoms with Gasteiger partial charge in [0.2, 0.25) is 11.6 Å². The molecule has 3 rings (SSSR count). The maximum atomic E-state index is 15.8. The smallest absolute Gasteiger partial charge is 0.323 e. The minimum Gasteiger partial charge on any atom is -0.462 e. The Balaban J connectivity index is 1.75. The molecule has 1 saturated heterocycles. The molecule has 34 heavy (non-hydrogen) atoms. The number of hydrogen-bond donors (Lipinski definition) is 4. The van der Waals surface area contributed by atoms with Crippen LogP contribution in [0, 0.1) is 12.3 Å². The van der Waals surface area contributed by atoms with Crippen molar-refractivity contribution in [3.63, 3.8) is 0 Å². The topological polar surface area (TPSA) is 159 Å². The van der Waals surface area contributed by atoms with Crippen molar-refractivity contribution in [2.24, 2.45) is 0 Å². The molecule has 2 aromatic rings. The number of nitrogen functional groups attached to an aromatic ring is 1. The molecule has 0 spiro atoms. The first kappa shape index (κ1) is 26.2. The van der Waals surface area contributed by atoms with E-state index < -0.39 is 43.2 Å². The third-order valence-electron chi connectivity index (χ3n) is 5.01. The Kier molecular flexibility index (Phi) is 8.07. The molecule has 0 bridgehead atoms. The number of halogens is 1. The summed E-state index contributed by atoms with van der Waals surface area (Å²) >= 11 is 5.26. The second-order valence-corrected chi connectivity index (χ2v) is 10.1. The van der Waals surface area contributed by atoms with Crippen molar-refractivity contribution < 1.29 is 28.3 Å². The van der Waals surface area contributed by atoms with Gasteiger partial charge < -0.3 is 30.2 Å². The first-order valence-electron chi connectivity index (χ1n) is 10.3. The Bertz CT molecular complexity index is 1130. The summed E-state index contributed by atoms with van der Waals surface area (Å²) in [4.78, 5) is 24.3. The van der Waals surface area contributed by atoms with Crippen LogP contribution in [0.4, 0.5) is 16.2 Å². The minimum absolute atomic E-state index is 0.0725. The highest BCUT2D eigenvalue weighted by atomic mass is 32.4. The number of ether oxygens (including phenoxy) is 2. The van der Waals surface area contributed by atoms with E-state index in [1.54, 1.807) is 27.8 Å². The van der Waals surface area contributed by atoms with Gasteiger partial charge in [-0.25, -0.2) is 9.37 Å². The number of anilines is 2. The number of carbonyl (C=O) groups excluding carboxylic acids is 1. The summed E-state index contributed by atoms with van der Waals surface area (Å²) in [5.41, 5.74) is 3.61. The highest BCUT2D eigenvalue weighted by molar-refractivity contribution is 8.02. The molecular weight excluding hydrogens is 488 g/mol. The lowest BCUT2D eigenvalue weighted by atomic mass is 9.97. The van der Waals surface area contributed by atoms with Gasteiger partial charge in [-0.15, -0.1) is 6.42 Å². The van der Waals surface area contributed by atoms with Gasteiger partial charge in [-0.3, -0.25) is 14.4 Å². The summed E-state index contributed by atoms with van der Waals surface area (Å²) in [7, 11) is -0.518. The average molecular weight is 516 g/mol. The van der Waals surface area contributed by atoms with Crippen LogP contribution in [-0.2, 0) is 30.6 Å². The fourth-order valence-corrected chi connectivity index (χ4v) is 4.96. The number of rotatable bonds is 9. The number of fused-ring (bicyclic) bond motifs is 1. The Hall–Kier alpha value is -2.40. The number of carbonyl (C=O) groups is 1. The highest BCUT2D eigenvalue weighted by Crippen LogP contribution is 2.43. The fourth-order valence-electron chi connectivity index (χ4n) is 3.36. The lowest BCUT2D eigenvalue weighted by Crippen LogP contribution is -2.42. The number of aromatic nitrogens is 4. The standard InChI is InChI=1S/C19H27FN7O5PS/c1-6-19(20)13(28)11(7-30-33(34)26-10(4)16(29)31-9(2)3)32-17(19)27-8-23-12-14(22-5)24-18(21)25-15(12)27/h1,8-11,13,17,28,33H,7H2,2-5H3,(H,26,34)(H3,21,22,24,25)/t10-,11+,13+,17+,19+/m0/s1. The number of alkyl halides is 1. The summed E-state index contributed by atoms with van der Waals surface area (Å²) in [5.74, 6) is 1.77. The van der Waals surface area contributed by atoms with E-state index in [9.17, 15) is 9.90 Å². The van der Waals surface area contributed by atoms with E-state index in [1.807, 2.05) is 5.92 Å². The van der Waals surface area contributed by atoms with Gasteiger partial charge in [0.05, 0.1) is 19.0 Å². The first-order chi connectivity index (χ1) is 16.0. The van der Waals surface area contributed by atoms with E-state index >= 15 is 4.39 Å². The van der Waals surface area contributed by atoms with E-state index in [0.29, 0.717) is 11.3 Å². The van der Waals surface area contributed by atoms with Crippen LogP contribution in [-0.4, -0.2) is 74.3 Å². The maximum absolute atomic E-state index is 15.8. The summed E-state index contributed by atoms with van der Waals surface area (Å²) < 4.78 is 33.5. The van der Waals surface area contributed by atoms with Crippen LogP contribution in [0.2, 0.25) is 0 Å². The molecule has 1 unspecified atom stereocenters. The Labute approximate surface area is 201 Å². The molecule has 0 aromatic carbocycles. The molecular formula is C19H27FN7O5PS. The minimum atomic E-state index is -2.63. The van der Waals surface area contributed by atoms with Crippen molar-refractivity contribution in [3.8, 4) is 12.3 Å². The Morgan fingerprint density at radius 3 is 2.85 bits per heavy atom. The zero-order chi connectivity index (χ0) is 25.2. The van der Waals surface area contributed by atoms with Crippen LogP contribution in [0.3, 0.4) is 0 Å². The van der Waals surface area contributed by atoms with Crippen LogP contribution in [0.15, 0.2) is 6.33 Å². The molecule has 1 fully saturated rings.